The number of hydrogen-bond acceptors (Lipinski definition) is 4. The highest BCUT2D eigenvalue weighted by Crippen LogP contribution is 2.22. The number of amides is 2. The first kappa shape index (κ1) is 14.5. The zero-order chi connectivity index (χ0) is 14.8. The molecule has 1 aliphatic heterocycles. The van der Waals surface area contributed by atoms with Gasteiger partial charge in [-0.25, -0.2) is 0 Å². The number of nitrogens with zero attached hydrogens (tertiary/aromatic N) is 4. The molecule has 110 valence electrons. The van der Waals surface area contributed by atoms with Gasteiger partial charge in [-0.2, -0.15) is 0 Å². The van der Waals surface area contributed by atoms with Crippen LogP contribution in [0.1, 0.15) is 38.8 Å². The number of carbonyl (C=O) groups is 2. The average molecular weight is 279 g/mol. The molecule has 1 N–H and O–H groups in total. The number of carbonyl (C=O) groups excluding carboxylic acids is 2. The van der Waals surface area contributed by atoms with Gasteiger partial charge in [-0.3, -0.25) is 14.3 Å². The molecule has 1 aromatic heterocycles. The molecule has 0 radical (unpaired) electrons. The summed E-state index contributed by atoms with van der Waals surface area (Å²) >= 11 is 0. The van der Waals surface area contributed by atoms with Crippen molar-refractivity contribution in [1.82, 2.24) is 25.2 Å². The fourth-order valence-corrected chi connectivity index (χ4v) is 2.57. The largest absolute Gasteiger partial charge is 0.342 e. The van der Waals surface area contributed by atoms with Gasteiger partial charge in [0.15, 0.2) is 0 Å². The van der Waals surface area contributed by atoms with Gasteiger partial charge >= 0.3 is 0 Å². The van der Waals surface area contributed by atoms with Gasteiger partial charge in [0.25, 0.3) is 0 Å². The molecule has 1 aliphatic rings. The van der Waals surface area contributed by atoms with Crippen molar-refractivity contribution in [3.63, 3.8) is 0 Å². The Morgan fingerprint density at radius 1 is 1.35 bits per heavy atom. The molecule has 0 aliphatic carbocycles. The van der Waals surface area contributed by atoms with Crippen molar-refractivity contribution in [2.45, 2.75) is 45.2 Å². The number of rotatable bonds is 4. The van der Waals surface area contributed by atoms with E-state index in [2.05, 4.69) is 15.6 Å². The highest BCUT2D eigenvalue weighted by atomic mass is 16.2. The predicted molar refractivity (Wildman–Crippen MR) is 72.5 cm³/mol. The van der Waals surface area contributed by atoms with E-state index in [0.717, 1.165) is 5.69 Å². The first-order chi connectivity index (χ1) is 9.50. The molecule has 1 fully saturated rings. The third-order valence-corrected chi connectivity index (χ3v) is 3.89. The smallest absolute Gasteiger partial charge is 0.248 e. The summed E-state index contributed by atoms with van der Waals surface area (Å²) in [6.07, 6.45) is 3.29. The Kier molecular flexibility index (Phi) is 4.06. The minimum absolute atomic E-state index is 0.0287. The Hall–Kier alpha value is -1.92. The lowest BCUT2D eigenvalue weighted by Gasteiger charge is -2.33. The lowest BCUT2D eigenvalue weighted by Crippen LogP contribution is -2.56. The summed E-state index contributed by atoms with van der Waals surface area (Å²) in [4.78, 5) is 26.3. The van der Waals surface area contributed by atoms with Crippen LogP contribution in [0, 0.1) is 0 Å². The molecule has 0 atom stereocenters. The minimum atomic E-state index is -0.782. The second kappa shape index (κ2) is 5.60. The molecule has 1 saturated heterocycles. The summed E-state index contributed by atoms with van der Waals surface area (Å²) in [6, 6.07) is 0. The Balaban J connectivity index is 2.23. The fourth-order valence-electron chi connectivity index (χ4n) is 2.57. The summed E-state index contributed by atoms with van der Waals surface area (Å²) in [5.74, 6) is -0.0947. The Labute approximate surface area is 118 Å². The summed E-state index contributed by atoms with van der Waals surface area (Å²) in [6.45, 7) is 4.66. The Morgan fingerprint density at radius 3 is 2.60 bits per heavy atom. The summed E-state index contributed by atoms with van der Waals surface area (Å²) in [5, 5.41) is 10.8. The molecule has 2 amide bonds. The van der Waals surface area contributed by atoms with E-state index in [1.807, 2.05) is 13.8 Å². The highest BCUT2D eigenvalue weighted by Gasteiger charge is 2.41. The van der Waals surface area contributed by atoms with E-state index in [0.29, 0.717) is 32.4 Å². The maximum atomic E-state index is 12.7. The normalized spacial score (nSPS) is 18.9. The molecule has 2 rings (SSSR count). The van der Waals surface area contributed by atoms with Crippen LogP contribution < -0.4 is 5.32 Å². The summed E-state index contributed by atoms with van der Waals surface area (Å²) in [7, 11) is 1.79. The molecule has 7 nitrogen and oxygen atoms in total. The van der Waals surface area contributed by atoms with E-state index in [9.17, 15) is 9.59 Å². The molecule has 0 bridgehead atoms. The molecule has 0 unspecified atom stereocenters. The van der Waals surface area contributed by atoms with Gasteiger partial charge in [0.1, 0.15) is 11.2 Å². The van der Waals surface area contributed by atoms with Crippen molar-refractivity contribution >= 4 is 11.8 Å². The van der Waals surface area contributed by atoms with Crippen molar-refractivity contribution in [1.29, 1.82) is 0 Å². The molecule has 2 heterocycles. The molecular weight excluding hydrogens is 258 g/mol. The first-order valence-electron chi connectivity index (χ1n) is 6.96. The van der Waals surface area contributed by atoms with Crippen LogP contribution in [-0.4, -0.2) is 43.8 Å². The second-order valence-electron chi connectivity index (χ2n) is 5.20. The van der Waals surface area contributed by atoms with Gasteiger partial charge in [-0.05, 0) is 12.8 Å². The molecule has 20 heavy (non-hydrogen) atoms. The second-order valence-corrected chi connectivity index (χ2v) is 5.20. The van der Waals surface area contributed by atoms with Crippen LogP contribution in [0.15, 0.2) is 6.20 Å². The van der Waals surface area contributed by atoms with Gasteiger partial charge < -0.3 is 10.2 Å². The van der Waals surface area contributed by atoms with Gasteiger partial charge in [-0.15, -0.1) is 5.10 Å². The van der Waals surface area contributed by atoms with E-state index in [4.69, 9.17) is 0 Å². The maximum Gasteiger partial charge on any atom is 0.248 e. The van der Waals surface area contributed by atoms with E-state index in [-0.39, 0.29) is 11.8 Å². The van der Waals surface area contributed by atoms with E-state index in [1.54, 1.807) is 22.8 Å². The van der Waals surface area contributed by atoms with Crippen LogP contribution in [0.4, 0.5) is 0 Å². The van der Waals surface area contributed by atoms with Crippen molar-refractivity contribution in [3.05, 3.63) is 11.9 Å². The lowest BCUT2D eigenvalue weighted by atomic mass is 9.91. The number of aromatic nitrogens is 3. The monoisotopic (exact) mass is 279 g/mol. The standard InChI is InChI=1S/C13H21N5O2/c1-4-13(5-2)12(20)18(7-6-11(19)14-13)9-10-8-17(3)16-15-10/h8H,4-7,9H2,1-3H3,(H,14,19). The third-order valence-electron chi connectivity index (χ3n) is 3.89. The fraction of sp³-hybridized carbons (Fsp3) is 0.692. The van der Waals surface area contributed by atoms with Crippen molar-refractivity contribution in [3.8, 4) is 0 Å². The third kappa shape index (κ3) is 2.66. The minimum Gasteiger partial charge on any atom is -0.342 e. The SMILES string of the molecule is CCC1(CC)NC(=O)CCN(Cc2cn(C)nn2)C1=O. The van der Waals surface area contributed by atoms with Crippen LogP contribution in [0.3, 0.4) is 0 Å². The molecule has 0 aromatic carbocycles. The van der Waals surface area contributed by atoms with Gasteiger partial charge in [0, 0.05) is 26.2 Å². The van der Waals surface area contributed by atoms with Crippen LogP contribution in [0.5, 0.6) is 0 Å². The van der Waals surface area contributed by atoms with Crippen LogP contribution in [0.2, 0.25) is 0 Å². The molecule has 7 heteroatoms. The van der Waals surface area contributed by atoms with E-state index in [1.165, 1.54) is 0 Å². The van der Waals surface area contributed by atoms with E-state index >= 15 is 0 Å². The zero-order valence-corrected chi connectivity index (χ0v) is 12.2. The van der Waals surface area contributed by atoms with Crippen LogP contribution in [0.25, 0.3) is 0 Å². The number of aryl methyl sites for hydroxylation is 1. The zero-order valence-electron chi connectivity index (χ0n) is 12.2. The Morgan fingerprint density at radius 2 is 2.05 bits per heavy atom. The lowest BCUT2D eigenvalue weighted by molar-refractivity contribution is -0.139. The topological polar surface area (TPSA) is 80.1 Å². The van der Waals surface area contributed by atoms with Gasteiger partial charge in [0.05, 0.1) is 6.54 Å². The molecular formula is C13H21N5O2. The number of nitrogens with one attached hydrogen (secondary N) is 1. The Bertz CT molecular complexity index is 507. The maximum absolute atomic E-state index is 12.7. The molecule has 0 spiro atoms. The average Bonchev–Trinajstić information content (AvgIpc) is 2.80. The number of hydrogen-bond donors (Lipinski definition) is 1. The van der Waals surface area contributed by atoms with Crippen LogP contribution in [-0.2, 0) is 23.2 Å². The van der Waals surface area contributed by atoms with Crippen molar-refractivity contribution in [2.75, 3.05) is 6.54 Å². The van der Waals surface area contributed by atoms with Crippen molar-refractivity contribution < 1.29 is 9.59 Å². The summed E-state index contributed by atoms with van der Waals surface area (Å²) in [5.41, 5.74) is -0.0493. The van der Waals surface area contributed by atoms with Gasteiger partial charge in [0.2, 0.25) is 11.8 Å². The quantitative estimate of drug-likeness (QED) is 0.855. The molecule has 1 aromatic rings. The molecule has 0 saturated carbocycles. The van der Waals surface area contributed by atoms with Gasteiger partial charge in [-0.1, -0.05) is 19.1 Å². The summed E-state index contributed by atoms with van der Waals surface area (Å²) < 4.78 is 1.61. The highest BCUT2D eigenvalue weighted by molar-refractivity contribution is 5.93. The predicted octanol–water partition coefficient (Wildman–Crippen LogP) is 0.222. The van der Waals surface area contributed by atoms with E-state index < -0.39 is 5.54 Å². The van der Waals surface area contributed by atoms with Crippen LogP contribution >= 0.6 is 0 Å². The first-order valence-corrected chi connectivity index (χ1v) is 6.96. The van der Waals surface area contributed by atoms with Crippen molar-refractivity contribution in [2.24, 2.45) is 7.05 Å².